The zero-order valence-electron chi connectivity index (χ0n) is 36.0. The molecule has 53 heavy (non-hydrogen) atoms. The van der Waals surface area contributed by atoms with Crippen molar-refractivity contribution in [2.24, 2.45) is 17.8 Å². The highest BCUT2D eigenvalue weighted by molar-refractivity contribution is 5.69. The molecule has 0 aliphatic carbocycles. The standard InChI is InChI=1S/C47H91NO5/c1-5-9-19-27-42(28-20-10-6-2)35-37-52-46(49)33-25-17-13-15-23-31-45(48-39-44-40-51-41-44)32-24-16-14-18-26-34-47(50)53-38-36-43(29-21-11-7-3)30-22-12-8-4/h42-45,48H,5-41H2,1-4H3. The number of unbranched alkanes of at least 4 members (excludes halogenated alkanes) is 16. The molecule has 0 saturated carbocycles. The molecule has 0 aromatic heterocycles. The minimum Gasteiger partial charge on any atom is -0.466 e. The molecule has 1 aliphatic rings. The summed E-state index contributed by atoms with van der Waals surface area (Å²) in [5.74, 6) is 2.13. The summed E-state index contributed by atoms with van der Waals surface area (Å²) < 4.78 is 16.7. The first-order valence-electron chi connectivity index (χ1n) is 23.6. The van der Waals surface area contributed by atoms with Gasteiger partial charge in [0.2, 0.25) is 0 Å². The third kappa shape index (κ3) is 31.7. The first-order valence-corrected chi connectivity index (χ1v) is 23.6. The maximum Gasteiger partial charge on any atom is 0.305 e. The van der Waals surface area contributed by atoms with Crippen molar-refractivity contribution in [1.29, 1.82) is 0 Å². The molecule has 1 rings (SSSR count). The normalized spacial score (nSPS) is 13.3. The summed E-state index contributed by atoms with van der Waals surface area (Å²) >= 11 is 0. The van der Waals surface area contributed by atoms with E-state index in [1.54, 1.807) is 0 Å². The summed E-state index contributed by atoms with van der Waals surface area (Å²) in [7, 11) is 0. The summed E-state index contributed by atoms with van der Waals surface area (Å²) in [5, 5.41) is 3.86. The van der Waals surface area contributed by atoms with Gasteiger partial charge in [0.15, 0.2) is 0 Å². The number of hydrogen-bond donors (Lipinski definition) is 1. The summed E-state index contributed by atoms with van der Waals surface area (Å²) in [4.78, 5) is 24.7. The second-order valence-electron chi connectivity index (χ2n) is 16.9. The lowest BCUT2D eigenvalue weighted by molar-refractivity contribution is -0.145. The summed E-state index contributed by atoms with van der Waals surface area (Å²) in [6.07, 6.45) is 38.0. The fourth-order valence-corrected chi connectivity index (χ4v) is 7.89. The number of ether oxygens (including phenoxy) is 3. The molecule has 0 bridgehead atoms. The third-order valence-corrected chi connectivity index (χ3v) is 11.7. The number of carbonyl (C=O) groups excluding carboxylic acids is 2. The smallest absolute Gasteiger partial charge is 0.305 e. The van der Waals surface area contributed by atoms with Crippen molar-refractivity contribution in [1.82, 2.24) is 5.32 Å². The van der Waals surface area contributed by atoms with Crippen LogP contribution in [0.1, 0.15) is 233 Å². The molecule has 1 saturated heterocycles. The van der Waals surface area contributed by atoms with E-state index in [1.807, 2.05) is 0 Å². The Bertz CT molecular complexity index is 726. The molecule has 6 nitrogen and oxygen atoms in total. The van der Waals surface area contributed by atoms with Gasteiger partial charge < -0.3 is 19.5 Å². The largest absolute Gasteiger partial charge is 0.466 e. The predicted octanol–water partition coefficient (Wildman–Crippen LogP) is 13.5. The molecule has 0 radical (unpaired) electrons. The fourth-order valence-electron chi connectivity index (χ4n) is 7.89. The van der Waals surface area contributed by atoms with Crippen molar-refractivity contribution in [3.8, 4) is 0 Å². The van der Waals surface area contributed by atoms with Gasteiger partial charge >= 0.3 is 11.9 Å². The van der Waals surface area contributed by atoms with Crippen LogP contribution in [0.3, 0.4) is 0 Å². The van der Waals surface area contributed by atoms with Gasteiger partial charge in [-0.15, -0.1) is 0 Å². The summed E-state index contributed by atoms with van der Waals surface area (Å²) in [6.45, 7) is 13.2. The lowest BCUT2D eigenvalue weighted by Crippen LogP contribution is -2.41. The Morgan fingerprint density at radius 1 is 0.491 bits per heavy atom. The molecule has 0 atom stereocenters. The van der Waals surface area contributed by atoms with Crippen molar-refractivity contribution < 1.29 is 23.8 Å². The van der Waals surface area contributed by atoms with Crippen LogP contribution in [0.25, 0.3) is 0 Å². The Labute approximate surface area is 330 Å². The summed E-state index contributed by atoms with van der Waals surface area (Å²) in [6, 6.07) is 0.584. The maximum atomic E-state index is 12.4. The zero-order chi connectivity index (χ0) is 38.5. The second kappa shape index (κ2) is 37.8. The molecule has 0 amide bonds. The van der Waals surface area contributed by atoms with Crippen LogP contribution in [-0.2, 0) is 23.8 Å². The number of carbonyl (C=O) groups is 2. The molecule has 0 spiro atoms. The zero-order valence-corrected chi connectivity index (χ0v) is 36.0. The fraction of sp³-hybridized carbons (Fsp3) is 0.957. The topological polar surface area (TPSA) is 73.9 Å². The van der Waals surface area contributed by atoms with Crippen LogP contribution in [0, 0.1) is 17.8 Å². The van der Waals surface area contributed by atoms with Crippen LogP contribution < -0.4 is 5.32 Å². The molecule has 1 N–H and O–H groups in total. The van der Waals surface area contributed by atoms with Crippen LogP contribution in [0.2, 0.25) is 0 Å². The Morgan fingerprint density at radius 2 is 0.849 bits per heavy atom. The van der Waals surface area contributed by atoms with Crippen LogP contribution >= 0.6 is 0 Å². The van der Waals surface area contributed by atoms with E-state index < -0.39 is 0 Å². The van der Waals surface area contributed by atoms with Gasteiger partial charge in [0.05, 0.1) is 26.4 Å². The molecular weight excluding hydrogens is 659 g/mol. The van der Waals surface area contributed by atoms with Gasteiger partial charge in [0.25, 0.3) is 0 Å². The summed E-state index contributed by atoms with van der Waals surface area (Å²) in [5.41, 5.74) is 0. The molecule has 0 aromatic rings. The quantitative estimate of drug-likeness (QED) is 0.0495. The van der Waals surface area contributed by atoms with Gasteiger partial charge in [-0.05, 0) is 50.4 Å². The van der Waals surface area contributed by atoms with Gasteiger partial charge in [0, 0.05) is 31.3 Å². The highest BCUT2D eigenvalue weighted by atomic mass is 16.5. The van der Waals surface area contributed by atoms with Gasteiger partial charge in [-0.3, -0.25) is 9.59 Å². The molecular formula is C47H91NO5. The average molecular weight is 750 g/mol. The molecule has 314 valence electrons. The first-order chi connectivity index (χ1) is 26.0. The monoisotopic (exact) mass is 750 g/mol. The van der Waals surface area contributed by atoms with Gasteiger partial charge in [-0.2, -0.15) is 0 Å². The number of rotatable bonds is 41. The Kier molecular flexibility index (Phi) is 35.5. The minimum atomic E-state index is 0.00437. The van der Waals surface area contributed by atoms with E-state index in [0.717, 1.165) is 70.1 Å². The SMILES string of the molecule is CCCCCC(CCCCC)CCOC(=O)CCCCCCCC(CCCCCCCC(=O)OCCC(CCCCC)CCCCC)NCC1COC1. The van der Waals surface area contributed by atoms with Crippen LogP contribution in [-0.4, -0.2) is 51.0 Å². The average Bonchev–Trinajstić information content (AvgIpc) is 3.13. The van der Waals surface area contributed by atoms with E-state index in [-0.39, 0.29) is 11.9 Å². The number of esters is 2. The second-order valence-corrected chi connectivity index (χ2v) is 16.9. The van der Waals surface area contributed by atoms with E-state index in [1.165, 1.54) is 154 Å². The van der Waals surface area contributed by atoms with Gasteiger partial charge in [-0.1, -0.05) is 182 Å². The van der Waals surface area contributed by atoms with Gasteiger partial charge in [0.1, 0.15) is 0 Å². The van der Waals surface area contributed by atoms with Gasteiger partial charge in [-0.25, -0.2) is 0 Å². The van der Waals surface area contributed by atoms with Crippen LogP contribution in [0.4, 0.5) is 0 Å². The molecule has 1 heterocycles. The van der Waals surface area contributed by atoms with E-state index in [0.29, 0.717) is 38.0 Å². The van der Waals surface area contributed by atoms with E-state index >= 15 is 0 Å². The van der Waals surface area contributed by atoms with E-state index in [2.05, 4.69) is 33.0 Å². The number of hydrogen-bond acceptors (Lipinski definition) is 6. The molecule has 1 fully saturated rings. The van der Waals surface area contributed by atoms with E-state index in [4.69, 9.17) is 14.2 Å². The van der Waals surface area contributed by atoms with Crippen molar-refractivity contribution in [2.45, 2.75) is 239 Å². The van der Waals surface area contributed by atoms with Crippen molar-refractivity contribution in [3.05, 3.63) is 0 Å². The van der Waals surface area contributed by atoms with Crippen molar-refractivity contribution in [3.63, 3.8) is 0 Å². The van der Waals surface area contributed by atoms with E-state index in [9.17, 15) is 9.59 Å². The Balaban J connectivity index is 2.15. The van der Waals surface area contributed by atoms with Crippen molar-refractivity contribution in [2.75, 3.05) is 33.0 Å². The predicted molar refractivity (Wildman–Crippen MR) is 225 cm³/mol. The Hall–Kier alpha value is -1.14. The van der Waals surface area contributed by atoms with Crippen molar-refractivity contribution >= 4 is 11.9 Å². The third-order valence-electron chi connectivity index (χ3n) is 11.7. The minimum absolute atomic E-state index is 0.00437. The van der Waals surface area contributed by atoms with Crippen LogP contribution in [0.5, 0.6) is 0 Å². The highest BCUT2D eigenvalue weighted by Crippen LogP contribution is 2.23. The molecule has 0 aromatic carbocycles. The maximum absolute atomic E-state index is 12.4. The first kappa shape index (κ1) is 49.9. The highest BCUT2D eigenvalue weighted by Gasteiger charge is 2.20. The Morgan fingerprint density at radius 3 is 1.21 bits per heavy atom. The molecule has 0 unspecified atom stereocenters. The van der Waals surface area contributed by atoms with Crippen LogP contribution in [0.15, 0.2) is 0 Å². The molecule has 1 aliphatic heterocycles. The lowest BCUT2D eigenvalue weighted by Gasteiger charge is -2.29. The number of nitrogens with one attached hydrogen (secondary N) is 1. The molecule has 6 heteroatoms. The lowest BCUT2D eigenvalue weighted by atomic mass is 9.92.